The largest absolute Gasteiger partial charge is 0.472 e. The van der Waals surface area contributed by atoms with Crippen molar-refractivity contribution in [2.24, 2.45) is 0 Å². The number of aliphatic hydroxyl groups excluding tert-OH is 2. The summed E-state index contributed by atoms with van der Waals surface area (Å²) in [6.45, 7) is 2.21. The van der Waals surface area contributed by atoms with Gasteiger partial charge in [0.1, 0.15) is 12.2 Å². The first kappa shape index (κ1) is 47.0. The van der Waals surface area contributed by atoms with Crippen molar-refractivity contribution in [3.8, 4) is 0 Å². The summed E-state index contributed by atoms with van der Waals surface area (Å²) in [5.41, 5.74) is 0. The molecule has 3 atom stereocenters. The van der Waals surface area contributed by atoms with Gasteiger partial charge in [-0.05, 0) is 12.8 Å². The second-order valence-electron chi connectivity index (χ2n) is 13.3. The van der Waals surface area contributed by atoms with Gasteiger partial charge in [0.25, 0.3) is 0 Å². The number of hydrogen-bond donors (Lipinski definition) is 3. The molecule has 0 heterocycles. The Morgan fingerprint density at radius 1 is 0.479 bits per heavy atom. The summed E-state index contributed by atoms with van der Waals surface area (Å²) < 4.78 is 32.4. The van der Waals surface area contributed by atoms with Crippen molar-refractivity contribution >= 4 is 19.8 Å². The first-order valence-electron chi connectivity index (χ1n) is 19.5. The zero-order chi connectivity index (χ0) is 35.6. The fourth-order valence-corrected chi connectivity index (χ4v) is 6.31. The van der Waals surface area contributed by atoms with E-state index in [1.54, 1.807) is 0 Å². The predicted molar refractivity (Wildman–Crippen MR) is 192 cm³/mol. The van der Waals surface area contributed by atoms with Crippen LogP contribution in [0.15, 0.2) is 0 Å². The maximum absolute atomic E-state index is 12.3. The highest BCUT2D eigenvalue weighted by Crippen LogP contribution is 2.43. The lowest BCUT2D eigenvalue weighted by Gasteiger charge is -2.20. The van der Waals surface area contributed by atoms with E-state index in [2.05, 4.69) is 13.8 Å². The van der Waals surface area contributed by atoms with E-state index in [0.717, 1.165) is 38.5 Å². The number of phosphoric acid groups is 1. The van der Waals surface area contributed by atoms with Crippen LogP contribution in [0.5, 0.6) is 0 Å². The molecule has 0 saturated heterocycles. The number of aliphatic hydroxyl groups is 2. The highest BCUT2D eigenvalue weighted by atomic mass is 31.2. The lowest BCUT2D eigenvalue weighted by Crippen LogP contribution is -2.28. The quantitative estimate of drug-likeness (QED) is 0.0324. The molecule has 10 nitrogen and oxygen atoms in total. The van der Waals surface area contributed by atoms with Crippen LogP contribution in [0, 0.1) is 0 Å². The van der Waals surface area contributed by atoms with Crippen molar-refractivity contribution in [2.45, 2.75) is 199 Å². The van der Waals surface area contributed by atoms with E-state index >= 15 is 0 Å². The molecule has 0 aliphatic rings. The van der Waals surface area contributed by atoms with E-state index in [4.69, 9.17) is 18.5 Å². The molecule has 0 aromatic heterocycles. The Morgan fingerprint density at radius 3 is 0.979 bits per heavy atom. The van der Waals surface area contributed by atoms with Gasteiger partial charge in [0, 0.05) is 12.8 Å². The Kier molecular flexibility index (Phi) is 33.7. The molecular weight excluding hydrogens is 635 g/mol. The zero-order valence-electron chi connectivity index (χ0n) is 30.7. The van der Waals surface area contributed by atoms with Gasteiger partial charge in [-0.25, -0.2) is 4.57 Å². The molecule has 0 aliphatic carbocycles. The smallest absolute Gasteiger partial charge is 0.457 e. The molecule has 286 valence electrons. The van der Waals surface area contributed by atoms with Crippen molar-refractivity contribution in [2.75, 3.05) is 26.4 Å². The molecule has 0 amide bonds. The zero-order valence-corrected chi connectivity index (χ0v) is 31.6. The molecule has 0 radical (unpaired) electrons. The molecule has 48 heavy (non-hydrogen) atoms. The third-order valence-corrected chi connectivity index (χ3v) is 9.52. The van der Waals surface area contributed by atoms with Crippen LogP contribution < -0.4 is 0 Å². The van der Waals surface area contributed by atoms with Crippen LogP contribution in [0.2, 0.25) is 0 Å². The van der Waals surface area contributed by atoms with E-state index < -0.39 is 58.4 Å². The van der Waals surface area contributed by atoms with Crippen molar-refractivity contribution < 1.29 is 47.8 Å². The van der Waals surface area contributed by atoms with E-state index in [0.29, 0.717) is 12.8 Å². The summed E-state index contributed by atoms with van der Waals surface area (Å²) >= 11 is 0. The standard InChI is InChI=1S/C37H73O10P/c1-3-5-7-9-11-13-15-16-17-19-21-23-25-27-29-37(41)47-35(31-39)33-45-48(42,43)44-32-34(30-38)46-36(40)28-26-24-22-20-18-14-12-10-8-6-4-2/h34-35,38-39H,3-33H2,1-2H3,(H,42,43). The summed E-state index contributed by atoms with van der Waals surface area (Å²) in [5.74, 6) is -1.01. The van der Waals surface area contributed by atoms with Crippen molar-refractivity contribution in [1.29, 1.82) is 0 Å². The van der Waals surface area contributed by atoms with Crippen LogP contribution in [-0.2, 0) is 32.7 Å². The SMILES string of the molecule is CCCCCCCCCCCCCCCCC(=O)OC(CO)COP(=O)(O)OCC(CO)OC(=O)CCCCCCCCCCCCC. The molecule has 0 aliphatic heterocycles. The minimum atomic E-state index is -4.62. The molecule has 0 rings (SSSR count). The van der Waals surface area contributed by atoms with E-state index in [1.165, 1.54) is 109 Å². The fourth-order valence-electron chi connectivity index (χ4n) is 5.53. The molecule has 3 unspecified atom stereocenters. The third kappa shape index (κ3) is 32.2. The van der Waals surface area contributed by atoms with Gasteiger partial charge in [0.15, 0.2) is 0 Å². The molecule has 0 saturated carbocycles. The number of esters is 2. The Morgan fingerprint density at radius 2 is 0.729 bits per heavy atom. The molecule has 0 bridgehead atoms. The van der Waals surface area contributed by atoms with Gasteiger partial charge < -0.3 is 24.6 Å². The average molecular weight is 709 g/mol. The van der Waals surface area contributed by atoms with Crippen LogP contribution in [0.3, 0.4) is 0 Å². The Hall–Kier alpha value is -1.03. The number of carbonyl (C=O) groups is 2. The van der Waals surface area contributed by atoms with Crippen molar-refractivity contribution in [1.82, 2.24) is 0 Å². The molecule has 0 fully saturated rings. The lowest BCUT2D eigenvalue weighted by molar-refractivity contribution is -0.153. The molecule has 0 aromatic carbocycles. The minimum Gasteiger partial charge on any atom is -0.457 e. The first-order valence-corrected chi connectivity index (χ1v) is 21.0. The lowest BCUT2D eigenvalue weighted by atomic mass is 10.0. The third-order valence-electron chi connectivity index (χ3n) is 8.57. The molecule has 0 aromatic rings. The van der Waals surface area contributed by atoms with Gasteiger partial charge in [0.2, 0.25) is 0 Å². The molecule has 11 heteroatoms. The second kappa shape index (κ2) is 34.4. The fraction of sp³-hybridized carbons (Fsp3) is 0.946. The van der Waals surface area contributed by atoms with E-state index in [9.17, 15) is 29.3 Å². The minimum absolute atomic E-state index is 0.198. The normalized spacial score (nSPS) is 14.0. The van der Waals surface area contributed by atoms with Gasteiger partial charge in [-0.1, -0.05) is 162 Å². The van der Waals surface area contributed by atoms with E-state index in [-0.39, 0.29) is 12.8 Å². The second-order valence-corrected chi connectivity index (χ2v) is 14.7. The van der Waals surface area contributed by atoms with Crippen molar-refractivity contribution in [3.05, 3.63) is 0 Å². The van der Waals surface area contributed by atoms with Gasteiger partial charge in [-0.15, -0.1) is 0 Å². The summed E-state index contributed by atoms with van der Waals surface area (Å²) in [4.78, 5) is 34.3. The van der Waals surface area contributed by atoms with Gasteiger partial charge >= 0.3 is 19.8 Å². The van der Waals surface area contributed by atoms with Gasteiger partial charge in [-0.2, -0.15) is 0 Å². The number of unbranched alkanes of at least 4 members (excludes halogenated alkanes) is 23. The predicted octanol–water partition coefficient (Wildman–Crippen LogP) is 9.50. The van der Waals surface area contributed by atoms with E-state index in [1.807, 2.05) is 0 Å². The highest BCUT2D eigenvalue weighted by molar-refractivity contribution is 7.47. The summed E-state index contributed by atoms with van der Waals surface area (Å²) in [7, 11) is -4.62. The van der Waals surface area contributed by atoms with Crippen LogP contribution >= 0.6 is 7.82 Å². The van der Waals surface area contributed by atoms with Gasteiger partial charge in [0.05, 0.1) is 26.4 Å². The molecule has 3 N–H and O–H groups in total. The van der Waals surface area contributed by atoms with Crippen molar-refractivity contribution in [3.63, 3.8) is 0 Å². The van der Waals surface area contributed by atoms with Crippen LogP contribution in [0.4, 0.5) is 0 Å². The number of phosphoric ester groups is 1. The van der Waals surface area contributed by atoms with Crippen LogP contribution in [0.25, 0.3) is 0 Å². The summed E-state index contributed by atoms with van der Waals surface area (Å²) in [5, 5.41) is 19.1. The number of hydrogen-bond acceptors (Lipinski definition) is 9. The van der Waals surface area contributed by atoms with Crippen LogP contribution in [0.1, 0.15) is 187 Å². The highest BCUT2D eigenvalue weighted by Gasteiger charge is 2.27. The molecular formula is C37H73O10P. The average Bonchev–Trinajstić information content (AvgIpc) is 3.07. The number of rotatable bonds is 37. The Bertz CT molecular complexity index is 781. The van der Waals surface area contributed by atoms with Gasteiger partial charge in [-0.3, -0.25) is 18.6 Å². The first-order chi connectivity index (χ1) is 23.3. The number of ether oxygens (including phenoxy) is 2. The Balaban J connectivity index is 3.95. The Labute approximate surface area is 293 Å². The maximum Gasteiger partial charge on any atom is 0.472 e. The monoisotopic (exact) mass is 708 g/mol. The topological polar surface area (TPSA) is 149 Å². The number of carbonyl (C=O) groups excluding carboxylic acids is 2. The summed E-state index contributed by atoms with van der Waals surface area (Å²) in [6, 6.07) is 0. The molecule has 0 spiro atoms. The maximum atomic E-state index is 12.3. The van der Waals surface area contributed by atoms with Crippen LogP contribution in [-0.4, -0.2) is 65.7 Å². The summed E-state index contributed by atoms with van der Waals surface area (Å²) in [6.07, 6.45) is 27.9.